The van der Waals surface area contributed by atoms with E-state index in [4.69, 9.17) is 11.6 Å². The molecule has 0 saturated carbocycles. The summed E-state index contributed by atoms with van der Waals surface area (Å²) in [6, 6.07) is 13.8. The first kappa shape index (κ1) is 28.8. The molecule has 10 nitrogen and oxygen atoms in total. The number of imidazole rings is 1. The third kappa shape index (κ3) is 6.28. The van der Waals surface area contributed by atoms with Gasteiger partial charge in [-0.2, -0.15) is 10.2 Å². The molecular formula is C31H33ClN8O2. The second kappa shape index (κ2) is 11.7. The molecule has 0 aliphatic heterocycles. The van der Waals surface area contributed by atoms with Crippen LogP contribution in [-0.4, -0.2) is 47.0 Å². The number of nitrogens with one attached hydrogen (secondary N) is 2. The molecule has 0 saturated heterocycles. The molecule has 0 bridgehead atoms. The highest BCUT2D eigenvalue weighted by molar-refractivity contribution is 6.31. The van der Waals surface area contributed by atoms with Crippen molar-refractivity contribution in [3.63, 3.8) is 0 Å². The Morgan fingerprint density at radius 2 is 1.69 bits per heavy atom. The Morgan fingerprint density at radius 1 is 0.952 bits per heavy atom. The lowest BCUT2D eigenvalue weighted by atomic mass is 10.00. The van der Waals surface area contributed by atoms with Crippen LogP contribution in [0.2, 0.25) is 5.02 Å². The Balaban J connectivity index is 1.40. The first-order chi connectivity index (χ1) is 20.0. The molecule has 0 radical (unpaired) electrons. The Labute approximate surface area is 249 Å². The minimum absolute atomic E-state index is 0.164. The number of aromatic nitrogens is 6. The van der Waals surface area contributed by atoms with Gasteiger partial charge in [0, 0.05) is 49.2 Å². The van der Waals surface area contributed by atoms with Gasteiger partial charge in [0.1, 0.15) is 11.7 Å². The lowest BCUT2D eigenvalue weighted by Crippen LogP contribution is -2.45. The fourth-order valence-electron chi connectivity index (χ4n) is 4.60. The van der Waals surface area contributed by atoms with E-state index in [1.54, 1.807) is 31.7 Å². The largest absolute Gasteiger partial charge is 0.339 e. The summed E-state index contributed by atoms with van der Waals surface area (Å²) in [6.07, 6.45) is 9.01. The van der Waals surface area contributed by atoms with E-state index in [2.05, 4.69) is 46.6 Å². The fraction of sp³-hybridized carbons (Fsp3) is 0.258. The summed E-state index contributed by atoms with van der Waals surface area (Å²) in [7, 11) is 3.59. The first-order valence-electron chi connectivity index (χ1n) is 13.5. The number of anilines is 1. The van der Waals surface area contributed by atoms with Crippen LogP contribution in [0.1, 0.15) is 36.8 Å². The monoisotopic (exact) mass is 584 g/mol. The van der Waals surface area contributed by atoms with Gasteiger partial charge in [0.2, 0.25) is 5.91 Å². The van der Waals surface area contributed by atoms with Crippen LogP contribution in [-0.2, 0) is 30.8 Å². The quantitative estimate of drug-likeness (QED) is 0.264. The molecule has 0 fully saturated rings. The number of hydrogen-bond acceptors (Lipinski definition) is 5. The van der Waals surface area contributed by atoms with Crippen molar-refractivity contribution >= 4 is 29.1 Å². The third-order valence-corrected chi connectivity index (χ3v) is 7.38. The highest BCUT2D eigenvalue weighted by atomic mass is 35.5. The summed E-state index contributed by atoms with van der Waals surface area (Å²) >= 11 is 6.62. The third-order valence-electron chi connectivity index (χ3n) is 7.01. The highest BCUT2D eigenvalue weighted by Gasteiger charge is 2.25. The van der Waals surface area contributed by atoms with Crippen LogP contribution in [0.15, 0.2) is 79.6 Å². The standard InChI is InChI=1S/C31H33ClN8O2/c1-31(2,3)40-18-23(16-35-40)21-8-11-25(32)22(14-21)15-26(37-30(42)27-12-13-34-39(27)5)29(41)36-24-9-6-20(7-10-24)28-17-33-19-38(28)4/h6-14,16-19,26H,15H2,1-5H3,(H,36,41)(H,37,42)/t26-/m0/s1. The zero-order valence-electron chi connectivity index (χ0n) is 24.2. The SMILES string of the molecule is Cn1cncc1-c1ccc(NC(=O)[C@H](Cc2cc(-c3cnn(C(C)(C)C)c3)ccc2Cl)NC(=O)c2ccnn2C)cc1. The minimum atomic E-state index is -0.922. The van der Waals surface area contributed by atoms with Crippen molar-refractivity contribution in [2.24, 2.45) is 14.1 Å². The van der Waals surface area contributed by atoms with Gasteiger partial charge >= 0.3 is 0 Å². The summed E-state index contributed by atoms with van der Waals surface area (Å²) in [5.41, 5.74) is 5.24. The van der Waals surface area contributed by atoms with Gasteiger partial charge < -0.3 is 15.2 Å². The molecule has 1 atom stereocenters. The molecule has 0 unspecified atom stereocenters. The van der Waals surface area contributed by atoms with Crippen molar-refractivity contribution in [3.05, 3.63) is 95.9 Å². The predicted molar refractivity (Wildman–Crippen MR) is 163 cm³/mol. The van der Waals surface area contributed by atoms with E-state index in [0.717, 1.165) is 27.9 Å². The van der Waals surface area contributed by atoms with Crippen molar-refractivity contribution in [3.8, 4) is 22.4 Å². The number of carbonyl (C=O) groups is 2. The molecule has 5 rings (SSSR count). The summed E-state index contributed by atoms with van der Waals surface area (Å²) in [4.78, 5) is 31.0. The molecule has 0 aliphatic carbocycles. The molecular weight excluding hydrogens is 552 g/mol. The number of nitrogens with zero attached hydrogens (tertiary/aromatic N) is 6. The van der Waals surface area contributed by atoms with Crippen LogP contribution in [0.4, 0.5) is 5.69 Å². The van der Waals surface area contributed by atoms with E-state index in [-0.39, 0.29) is 17.9 Å². The van der Waals surface area contributed by atoms with Gasteiger partial charge in [-0.1, -0.05) is 29.8 Å². The molecule has 11 heteroatoms. The second-order valence-electron chi connectivity index (χ2n) is 11.2. The van der Waals surface area contributed by atoms with Crippen molar-refractivity contribution < 1.29 is 9.59 Å². The maximum Gasteiger partial charge on any atom is 0.270 e. The number of benzene rings is 2. The Kier molecular flexibility index (Phi) is 8.00. The maximum absolute atomic E-state index is 13.6. The molecule has 2 amide bonds. The summed E-state index contributed by atoms with van der Waals surface area (Å²) in [5.74, 6) is -0.791. The number of aryl methyl sites for hydroxylation is 2. The van der Waals surface area contributed by atoms with Crippen LogP contribution in [0.25, 0.3) is 22.4 Å². The number of amides is 2. The molecule has 3 aromatic heterocycles. The van der Waals surface area contributed by atoms with E-state index in [1.807, 2.05) is 65.1 Å². The average Bonchev–Trinajstić information content (AvgIpc) is 3.71. The van der Waals surface area contributed by atoms with Gasteiger partial charge in [-0.3, -0.25) is 19.0 Å². The van der Waals surface area contributed by atoms with E-state index in [0.29, 0.717) is 16.4 Å². The zero-order valence-corrected chi connectivity index (χ0v) is 24.9. The van der Waals surface area contributed by atoms with Gasteiger partial charge in [0.15, 0.2) is 0 Å². The molecule has 5 aromatic rings. The summed E-state index contributed by atoms with van der Waals surface area (Å²) in [5, 5.41) is 14.9. The first-order valence-corrected chi connectivity index (χ1v) is 13.9. The number of carbonyl (C=O) groups excluding carboxylic acids is 2. The molecule has 42 heavy (non-hydrogen) atoms. The second-order valence-corrected chi connectivity index (χ2v) is 11.6. The van der Waals surface area contributed by atoms with Crippen molar-refractivity contribution in [2.75, 3.05) is 5.32 Å². The minimum Gasteiger partial charge on any atom is -0.339 e. The molecule has 2 aromatic carbocycles. The number of rotatable bonds is 8. The van der Waals surface area contributed by atoms with Gasteiger partial charge in [0.05, 0.1) is 30.0 Å². The van der Waals surface area contributed by atoms with Gasteiger partial charge in [0.25, 0.3) is 5.91 Å². The Bertz CT molecular complexity index is 1730. The predicted octanol–water partition coefficient (Wildman–Crippen LogP) is 5.07. The van der Waals surface area contributed by atoms with Crippen LogP contribution in [0, 0.1) is 0 Å². The highest BCUT2D eigenvalue weighted by Crippen LogP contribution is 2.28. The van der Waals surface area contributed by atoms with Crippen molar-refractivity contribution in [1.82, 2.24) is 34.4 Å². The Morgan fingerprint density at radius 3 is 2.31 bits per heavy atom. The van der Waals surface area contributed by atoms with Crippen molar-refractivity contribution in [2.45, 2.75) is 38.8 Å². The Hall–Kier alpha value is -4.70. The molecule has 216 valence electrons. The molecule has 0 spiro atoms. The van der Waals surface area contributed by atoms with E-state index >= 15 is 0 Å². The van der Waals surface area contributed by atoms with Crippen LogP contribution >= 0.6 is 11.6 Å². The maximum atomic E-state index is 13.6. The zero-order chi connectivity index (χ0) is 30.0. The molecule has 2 N–H and O–H groups in total. The van der Waals surface area contributed by atoms with Gasteiger partial charge in [-0.05, 0) is 67.8 Å². The lowest BCUT2D eigenvalue weighted by Gasteiger charge is -2.20. The number of halogens is 1. The van der Waals surface area contributed by atoms with Crippen LogP contribution < -0.4 is 10.6 Å². The summed E-state index contributed by atoms with van der Waals surface area (Å²) in [6.45, 7) is 6.24. The van der Waals surface area contributed by atoms with Gasteiger partial charge in [-0.25, -0.2) is 4.98 Å². The van der Waals surface area contributed by atoms with Crippen LogP contribution in [0.5, 0.6) is 0 Å². The smallest absolute Gasteiger partial charge is 0.270 e. The van der Waals surface area contributed by atoms with Gasteiger partial charge in [-0.15, -0.1) is 0 Å². The fourth-order valence-corrected chi connectivity index (χ4v) is 4.79. The van der Waals surface area contributed by atoms with E-state index < -0.39 is 11.9 Å². The molecule has 0 aliphatic rings. The van der Waals surface area contributed by atoms with E-state index in [1.165, 1.54) is 10.9 Å². The van der Waals surface area contributed by atoms with Crippen LogP contribution in [0.3, 0.4) is 0 Å². The van der Waals surface area contributed by atoms with E-state index in [9.17, 15) is 9.59 Å². The normalized spacial score (nSPS) is 12.2. The summed E-state index contributed by atoms with van der Waals surface area (Å²) < 4.78 is 5.28. The topological polar surface area (TPSA) is 112 Å². The number of hydrogen-bond donors (Lipinski definition) is 2. The average molecular weight is 585 g/mol. The molecule has 3 heterocycles. The lowest BCUT2D eigenvalue weighted by molar-refractivity contribution is -0.118. The van der Waals surface area contributed by atoms with Crippen molar-refractivity contribution in [1.29, 1.82) is 0 Å².